The van der Waals surface area contributed by atoms with Crippen molar-refractivity contribution >= 4 is 62.3 Å². The molecule has 3 rings (SSSR count). The van der Waals surface area contributed by atoms with Crippen molar-refractivity contribution in [2.45, 2.75) is 13.5 Å². The number of anilines is 1. The molecule has 2 amide bonds. The average molecular weight is 411 g/mol. The number of hydrogen-bond donors (Lipinski definition) is 2. The second-order valence-electron chi connectivity index (χ2n) is 5.48. The molecule has 0 aliphatic rings. The number of nitrogens with two attached hydrogens (primary N) is 1. The van der Waals surface area contributed by atoms with E-state index in [2.05, 4.69) is 10.3 Å². The van der Waals surface area contributed by atoms with E-state index >= 15 is 0 Å². The molecule has 0 aliphatic carbocycles. The molecule has 0 unspecified atom stereocenters. The van der Waals surface area contributed by atoms with Crippen LogP contribution >= 0.6 is 34.5 Å². The molecule has 0 radical (unpaired) electrons. The van der Waals surface area contributed by atoms with Crippen LogP contribution in [0, 0.1) is 6.92 Å². The van der Waals surface area contributed by atoms with Gasteiger partial charge < -0.3 is 11.1 Å². The summed E-state index contributed by atoms with van der Waals surface area (Å²) in [6, 6.07) is 4.62. The van der Waals surface area contributed by atoms with E-state index in [1.807, 2.05) is 0 Å². The van der Waals surface area contributed by atoms with Crippen LogP contribution in [0.2, 0.25) is 10.0 Å². The van der Waals surface area contributed by atoms with Crippen molar-refractivity contribution < 1.29 is 9.59 Å². The molecule has 2 heterocycles. The van der Waals surface area contributed by atoms with Gasteiger partial charge in [0.25, 0.3) is 11.5 Å². The Hall–Kier alpha value is -2.42. The molecule has 0 saturated carbocycles. The van der Waals surface area contributed by atoms with Crippen molar-refractivity contribution in [3.8, 4) is 0 Å². The molecule has 134 valence electrons. The molecule has 2 aromatic heterocycles. The standard InChI is InChI=1S/C16H12Cl2N4O3S/c1-7-12-15(26-13(7)14(19)24)20-6-22(16(12)25)5-11(23)21-10-3-8(17)2-9(18)4-10/h2-4,6H,5H2,1H3,(H2,19,24)(H,21,23). The van der Waals surface area contributed by atoms with Crippen LogP contribution in [0.15, 0.2) is 29.3 Å². The molecule has 3 N–H and O–H groups in total. The molecule has 3 aromatic rings. The van der Waals surface area contributed by atoms with Crippen LogP contribution in [-0.4, -0.2) is 21.4 Å². The van der Waals surface area contributed by atoms with Crippen LogP contribution in [0.4, 0.5) is 5.69 Å². The first kappa shape index (κ1) is 18.4. The number of halogens is 2. The zero-order valence-electron chi connectivity index (χ0n) is 13.4. The van der Waals surface area contributed by atoms with Gasteiger partial charge in [-0.15, -0.1) is 11.3 Å². The van der Waals surface area contributed by atoms with E-state index in [4.69, 9.17) is 28.9 Å². The Morgan fingerprint density at radius 3 is 2.54 bits per heavy atom. The fraction of sp³-hybridized carbons (Fsp3) is 0.125. The van der Waals surface area contributed by atoms with Crippen LogP contribution in [0.25, 0.3) is 10.2 Å². The lowest BCUT2D eigenvalue weighted by molar-refractivity contribution is -0.116. The minimum atomic E-state index is -0.618. The molecule has 0 saturated heterocycles. The molecule has 7 nitrogen and oxygen atoms in total. The normalized spacial score (nSPS) is 10.9. The number of benzene rings is 1. The van der Waals surface area contributed by atoms with Gasteiger partial charge in [0.1, 0.15) is 11.4 Å². The molecule has 10 heteroatoms. The highest BCUT2D eigenvalue weighted by molar-refractivity contribution is 7.20. The van der Waals surface area contributed by atoms with Gasteiger partial charge in [-0.05, 0) is 30.7 Å². The van der Waals surface area contributed by atoms with E-state index in [1.54, 1.807) is 6.92 Å². The predicted molar refractivity (Wildman–Crippen MR) is 102 cm³/mol. The van der Waals surface area contributed by atoms with Crippen LogP contribution < -0.4 is 16.6 Å². The Morgan fingerprint density at radius 1 is 1.27 bits per heavy atom. The molecule has 0 atom stereocenters. The fourth-order valence-electron chi connectivity index (χ4n) is 2.49. The average Bonchev–Trinajstić information content (AvgIpc) is 2.87. The largest absolute Gasteiger partial charge is 0.365 e. The van der Waals surface area contributed by atoms with Gasteiger partial charge in [-0.2, -0.15) is 0 Å². The summed E-state index contributed by atoms with van der Waals surface area (Å²) in [5.74, 6) is -1.07. The first-order valence-electron chi connectivity index (χ1n) is 7.30. The van der Waals surface area contributed by atoms with Gasteiger partial charge in [-0.1, -0.05) is 23.2 Å². The number of rotatable bonds is 4. The summed E-state index contributed by atoms with van der Waals surface area (Å²) in [5.41, 5.74) is 5.76. The lowest BCUT2D eigenvalue weighted by Gasteiger charge is -2.08. The Kier molecular flexibility index (Phi) is 4.99. The summed E-state index contributed by atoms with van der Waals surface area (Å²) in [5, 5.41) is 3.65. The maximum absolute atomic E-state index is 12.6. The van der Waals surface area contributed by atoms with Crippen LogP contribution in [0.1, 0.15) is 15.2 Å². The van der Waals surface area contributed by atoms with Crippen molar-refractivity contribution in [3.05, 3.63) is 55.4 Å². The molecular formula is C16H12Cl2N4O3S. The van der Waals surface area contributed by atoms with Gasteiger partial charge in [-0.25, -0.2) is 4.98 Å². The molecule has 1 aromatic carbocycles. The zero-order valence-corrected chi connectivity index (χ0v) is 15.7. The summed E-state index contributed by atoms with van der Waals surface area (Å²) in [7, 11) is 0. The highest BCUT2D eigenvalue weighted by Gasteiger charge is 2.18. The van der Waals surface area contributed by atoms with Gasteiger partial charge in [0.15, 0.2) is 0 Å². The van der Waals surface area contributed by atoms with Gasteiger partial charge in [0, 0.05) is 15.7 Å². The SMILES string of the molecule is Cc1c(C(N)=O)sc2ncn(CC(=O)Nc3cc(Cl)cc(Cl)c3)c(=O)c12. The van der Waals surface area contributed by atoms with Gasteiger partial charge >= 0.3 is 0 Å². The molecule has 26 heavy (non-hydrogen) atoms. The Bertz CT molecular complexity index is 1090. The van der Waals surface area contributed by atoms with Crippen molar-refractivity contribution in [3.63, 3.8) is 0 Å². The summed E-state index contributed by atoms with van der Waals surface area (Å²) >= 11 is 12.8. The second-order valence-corrected chi connectivity index (χ2v) is 7.36. The van der Waals surface area contributed by atoms with E-state index in [-0.39, 0.29) is 16.8 Å². The maximum Gasteiger partial charge on any atom is 0.262 e. The molecule has 0 bridgehead atoms. The maximum atomic E-state index is 12.6. The summed E-state index contributed by atoms with van der Waals surface area (Å²) in [6.45, 7) is 1.37. The highest BCUT2D eigenvalue weighted by Crippen LogP contribution is 2.26. The topological polar surface area (TPSA) is 107 Å². The first-order chi connectivity index (χ1) is 12.3. The number of hydrogen-bond acceptors (Lipinski definition) is 5. The predicted octanol–water partition coefficient (Wildman–Crippen LogP) is 2.81. The summed E-state index contributed by atoms with van der Waals surface area (Å²) in [6.07, 6.45) is 1.26. The number of nitrogens with one attached hydrogen (secondary N) is 1. The number of carbonyl (C=O) groups is 2. The minimum Gasteiger partial charge on any atom is -0.365 e. The summed E-state index contributed by atoms with van der Waals surface area (Å²) < 4.78 is 1.16. The third kappa shape index (κ3) is 3.57. The van der Waals surface area contributed by atoms with Crippen LogP contribution in [0.3, 0.4) is 0 Å². The number of aromatic nitrogens is 2. The van der Waals surface area contributed by atoms with E-state index in [1.165, 1.54) is 24.5 Å². The molecular weight excluding hydrogens is 399 g/mol. The molecule has 0 aliphatic heterocycles. The van der Waals surface area contributed by atoms with E-state index in [9.17, 15) is 14.4 Å². The number of amides is 2. The monoisotopic (exact) mass is 410 g/mol. The number of nitrogens with zero attached hydrogens (tertiary/aromatic N) is 2. The van der Waals surface area contributed by atoms with Gasteiger partial charge in [0.05, 0.1) is 16.6 Å². The smallest absolute Gasteiger partial charge is 0.262 e. The number of carbonyl (C=O) groups excluding carboxylic acids is 2. The van der Waals surface area contributed by atoms with E-state index in [0.717, 1.165) is 15.9 Å². The van der Waals surface area contributed by atoms with Crippen molar-refractivity contribution in [2.24, 2.45) is 5.73 Å². The molecule has 0 fully saturated rings. The summed E-state index contributed by atoms with van der Waals surface area (Å²) in [4.78, 5) is 41.1. The first-order valence-corrected chi connectivity index (χ1v) is 8.88. The lowest BCUT2D eigenvalue weighted by Crippen LogP contribution is -2.28. The number of fused-ring (bicyclic) bond motifs is 1. The quantitative estimate of drug-likeness (QED) is 0.688. The second kappa shape index (κ2) is 7.06. The van der Waals surface area contributed by atoms with E-state index < -0.39 is 17.4 Å². The number of aryl methyl sites for hydroxylation is 1. The highest BCUT2D eigenvalue weighted by atomic mass is 35.5. The Balaban J connectivity index is 1.90. The van der Waals surface area contributed by atoms with Gasteiger partial charge in [-0.3, -0.25) is 19.0 Å². The molecule has 0 spiro atoms. The number of thiophene rings is 1. The number of primary amides is 1. The Labute approximate surface area is 161 Å². The van der Waals surface area contributed by atoms with Crippen molar-refractivity contribution in [1.82, 2.24) is 9.55 Å². The zero-order chi connectivity index (χ0) is 19.0. The Morgan fingerprint density at radius 2 is 1.92 bits per heavy atom. The van der Waals surface area contributed by atoms with Crippen LogP contribution in [0.5, 0.6) is 0 Å². The lowest BCUT2D eigenvalue weighted by atomic mass is 10.2. The van der Waals surface area contributed by atoms with Gasteiger partial charge in [0.2, 0.25) is 5.91 Å². The van der Waals surface area contributed by atoms with Crippen LogP contribution in [-0.2, 0) is 11.3 Å². The van der Waals surface area contributed by atoms with E-state index in [0.29, 0.717) is 26.1 Å². The minimum absolute atomic E-state index is 0.257. The van der Waals surface area contributed by atoms with Crippen molar-refractivity contribution in [2.75, 3.05) is 5.32 Å². The third-order valence-corrected chi connectivity index (χ3v) is 5.25. The van der Waals surface area contributed by atoms with Crippen molar-refractivity contribution in [1.29, 1.82) is 0 Å². The fourth-order valence-corrected chi connectivity index (χ4v) is 4.01. The third-order valence-electron chi connectivity index (χ3n) is 3.60.